The number of hydrogen-bond acceptors (Lipinski definition) is 4. The summed E-state index contributed by atoms with van der Waals surface area (Å²) in [6, 6.07) is 7.38. The van der Waals surface area contributed by atoms with Crippen molar-refractivity contribution in [3.63, 3.8) is 0 Å². The van der Waals surface area contributed by atoms with E-state index in [0.717, 1.165) is 16.9 Å². The van der Waals surface area contributed by atoms with Crippen LogP contribution in [0.1, 0.15) is 41.1 Å². The lowest BCUT2D eigenvalue weighted by Gasteiger charge is -2.28. The Morgan fingerprint density at radius 1 is 1.25 bits per heavy atom. The van der Waals surface area contributed by atoms with Gasteiger partial charge in [-0.15, -0.1) is 11.3 Å². The molecule has 1 aromatic heterocycles. The highest BCUT2D eigenvalue weighted by atomic mass is 32.1. The van der Waals surface area contributed by atoms with Gasteiger partial charge in [0.15, 0.2) is 5.13 Å². The second-order valence-electron chi connectivity index (χ2n) is 5.88. The molecule has 5 nitrogen and oxygen atoms in total. The summed E-state index contributed by atoms with van der Waals surface area (Å²) in [5, 5.41) is 3.32. The van der Waals surface area contributed by atoms with E-state index in [1.165, 1.54) is 11.3 Å². The molecule has 0 spiro atoms. The molecule has 1 heterocycles. The van der Waals surface area contributed by atoms with Crippen LogP contribution in [0.5, 0.6) is 0 Å². The molecule has 0 aliphatic carbocycles. The Bertz CT molecular complexity index is 709. The van der Waals surface area contributed by atoms with Crippen LogP contribution in [0.4, 0.5) is 5.13 Å². The van der Waals surface area contributed by atoms with Crippen LogP contribution in [-0.4, -0.2) is 34.3 Å². The average Bonchev–Trinajstić information content (AvgIpc) is 2.96. The standard InChI is InChI=1S/C18H23N3O2S/c1-5-13(3)21(17(23)15-8-6-12(2)7-9-15)11-16(22)20-18-19-10-14(4)24-18/h6-10,13H,5,11H2,1-4H3,(H,19,20,22). The molecule has 0 radical (unpaired) electrons. The van der Waals surface area contributed by atoms with Crippen molar-refractivity contribution < 1.29 is 9.59 Å². The van der Waals surface area contributed by atoms with Gasteiger partial charge in [-0.1, -0.05) is 24.6 Å². The van der Waals surface area contributed by atoms with Crippen LogP contribution in [0.3, 0.4) is 0 Å². The van der Waals surface area contributed by atoms with Gasteiger partial charge in [-0.3, -0.25) is 9.59 Å². The Balaban J connectivity index is 2.11. The minimum absolute atomic E-state index is 0.0142. The van der Waals surface area contributed by atoms with Crippen molar-refractivity contribution in [2.75, 3.05) is 11.9 Å². The number of carbonyl (C=O) groups is 2. The number of carbonyl (C=O) groups excluding carboxylic acids is 2. The van der Waals surface area contributed by atoms with Gasteiger partial charge in [0.1, 0.15) is 6.54 Å². The van der Waals surface area contributed by atoms with Gasteiger partial charge in [0, 0.05) is 22.7 Å². The fourth-order valence-corrected chi connectivity index (χ4v) is 2.92. The van der Waals surface area contributed by atoms with Crippen LogP contribution in [-0.2, 0) is 4.79 Å². The molecule has 0 bridgehead atoms. The molecule has 0 saturated heterocycles. The Morgan fingerprint density at radius 3 is 2.46 bits per heavy atom. The summed E-state index contributed by atoms with van der Waals surface area (Å²) < 4.78 is 0. The molecular formula is C18H23N3O2S. The first-order chi connectivity index (χ1) is 11.4. The number of thiazole rings is 1. The number of nitrogens with zero attached hydrogens (tertiary/aromatic N) is 2. The first-order valence-corrected chi connectivity index (χ1v) is 8.82. The minimum Gasteiger partial charge on any atom is -0.327 e. The molecule has 1 atom stereocenters. The maximum atomic E-state index is 12.8. The Kier molecular flexibility index (Phi) is 6.09. The third kappa shape index (κ3) is 4.64. The predicted molar refractivity (Wildman–Crippen MR) is 97.4 cm³/mol. The van der Waals surface area contributed by atoms with E-state index < -0.39 is 0 Å². The number of aryl methyl sites for hydroxylation is 2. The lowest BCUT2D eigenvalue weighted by molar-refractivity contribution is -0.117. The molecule has 128 valence electrons. The second kappa shape index (κ2) is 8.06. The largest absolute Gasteiger partial charge is 0.327 e. The van der Waals surface area contributed by atoms with Crippen LogP contribution in [0, 0.1) is 13.8 Å². The maximum Gasteiger partial charge on any atom is 0.254 e. The summed E-state index contributed by atoms with van der Waals surface area (Å²) in [6.07, 6.45) is 2.49. The van der Waals surface area contributed by atoms with Crippen molar-refractivity contribution >= 4 is 28.3 Å². The topological polar surface area (TPSA) is 62.3 Å². The maximum absolute atomic E-state index is 12.8. The molecule has 24 heavy (non-hydrogen) atoms. The number of benzene rings is 1. The first kappa shape index (κ1) is 18.1. The Labute approximate surface area is 146 Å². The molecule has 1 N–H and O–H groups in total. The van der Waals surface area contributed by atoms with Gasteiger partial charge in [0.25, 0.3) is 5.91 Å². The number of hydrogen-bond donors (Lipinski definition) is 1. The molecule has 2 amide bonds. The fourth-order valence-electron chi connectivity index (χ4n) is 2.24. The molecule has 2 aromatic rings. The Morgan fingerprint density at radius 2 is 1.92 bits per heavy atom. The summed E-state index contributed by atoms with van der Waals surface area (Å²) in [7, 11) is 0. The predicted octanol–water partition coefficient (Wildman–Crippen LogP) is 3.64. The van der Waals surface area contributed by atoms with Crippen LogP contribution < -0.4 is 5.32 Å². The summed E-state index contributed by atoms with van der Waals surface area (Å²) in [4.78, 5) is 31.8. The highest BCUT2D eigenvalue weighted by molar-refractivity contribution is 7.15. The van der Waals surface area contributed by atoms with Crippen LogP contribution >= 0.6 is 11.3 Å². The number of nitrogens with one attached hydrogen (secondary N) is 1. The first-order valence-electron chi connectivity index (χ1n) is 8.00. The molecule has 0 aliphatic rings. The monoisotopic (exact) mass is 345 g/mol. The quantitative estimate of drug-likeness (QED) is 0.869. The zero-order valence-corrected chi connectivity index (χ0v) is 15.3. The van der Waals surface area contributed by atoms with E-state index in [9.17, 15) is 9.59 Å². The summed E-state index contributed by atoms with van der Waals surface area (Å²) in [5.41, 5.74) is 1.69. The van der Waals surface area contributed by atoms with Gasteiger partial charge >= 0.3 is 0 Å². The summed E-state index contributed by atoms with van der Waals surface area (Å²) in [6.45, 7) is 7.87. The van der Waals surface area contributed by atoms with E-state index in [4.69, 9.17) is 0 Å². The smallest absolute Gasteiger partial charge is 0.254 e. The zero-order chi connectivity index (χ0) is 17.7. The number of aromatic nitrogens is 1. The van der Waals surface area contributed by atoms with Crippen molar-refractivity contribution in [1.29, 1.82) is 0 Å². The van der Waals surface area contributed by atoms with Crippen molar-refractivity contribution in [3.8, 4) is 0 Å². The normalized spacial score (nSPS) is 11.8. The van der Waals surface area contributed by atoms with E-state index in [2.05, 4.69) is 10.3 Å². The van der Waals surface area contributed by atoms with Gasteiger partial charge in [0.05, 0.1) is 0 Å². The fraction of sp³-hybridized carbons (Fsp3) is 0.389. The lowest BCUT2D eigenvalue weighted by Crippen LogP contribution is -2.43. The van der Waals surface area contributed by atoms with Gasteiger partial charge in [-0.25, -0.2) is 4.98 Å². The minimum atomic E-state index is -0.231. The van der Waals surface area contributed by atoms with Crippen LogP contribution in [0.25, 0.3) is 0 Å². The van der Waals surface area contributed by atoms with Crippen LogP contribution in [0.2, 0.25) is 0 Å². The number of anilines is 1. The third-order valence-corrected chi connectivity index (χ3v) is 4.69. The lowest BCUT2D eigenvalue weighted by atomic mass is 10.1. The van der Waals surface area contributed by atoms with Crippen LogP contribution in [0.15, 0.2) is 30.5 Å². The Hall–Kier alpha value is -2.21. The van der Waals surface area contributed by atoms with Crippen molar-refractivity contribution in [3.05, 3.63) is 46.5 Å². The molecule has 6 heteroatoms. The van der Waals surface area contributed by atoms with Gasteiger partial charge in [-0.2, -0.15) is 0 Å². The van der Waals surface area contributed by atoms with Crippen molar-refractivity contribution in [1.82, 2.24) is 9.88 Å². The highest BCUT2D eigenvalue weighted by Crippen LogP contribution is 2.17. The van der Waals surface area contributed by atoms with E-state index in [1.54, 1.807) is 23.2 Å². The molecule has 2 rings (SSSR count). The van der Waals surface area contributed by atoms with Crippen molar-refractivity contribution in [2.24, 2.45) is 0 Å². The van der Waals surface area contributed by atoms with Gasteiger partial charge < -0.3 is 10.2 Å². The van der Waals surface area contributed by atoms with Crippen molar-refractivity contribution in [2.45, 2.75) is 40.2 Å². The van der Waals surface area contributed by atoms with Gasteiger partial charge in [0.2, 0.25) is 5.91 Å². The van der Waals surface area contributed by atoms with E-state index >= 15 is 0 Å². The average molecular weight is 345 g/mol. The summed E-state index contributed by atoms with van der Waals surface area (Å²) in [5.74, 6) is -0.361. The second-order valence-corrected chi connectivity index (χ2v) is 7.12. The molecular weight excluding hydrogens is 322 g/mol. The highest BCUT2D eigenvalue weighted by Gasteiger charge is 2.23. The molecule has 0 fully saturated rings. The zero-order valence-electron chi connectivity index (χ0n) is 14.5. The van der Waals surface area contributed by atoms with E-state index in [1.807, 2.05) is 39.8 Å². The number of amides is 2. The van der Waals surface area contributed by atoms with E-state index in [-0.39, 0.29) is 24.4 Å². The third-order valence-electron chi connectivity index (χ3n) is 3.86. The summed E-state index contributed by atoms with van der Waals surface area (Å²) >= 11 is 1.42. The SMILES string of the molecule is CCC(C)N(CC(=O)Nc1ncc(C)s1)C(=O)c1ccc(C)cc1. The van der Waals surface area contributed by atoms with Gasteiger partial charge in [-0.05, 0) is 39.3 Å². The van der Waals surface area contributed by atoms with E-state index in [0.29, 0.717) is 10.7 Å². The molecule has 1 unspecified atom stereocenters. The molecule has 0 aliphatic heterocycles. The number of rotatable bonds is 6. The molecule has 0 saturated carbocycles. The molecule has 1 aromatic carbocycles.